The molecule has 2 nitrogen and oxygen atoms in total. The highest BCUT2D eigenvalue weighted by Crippen LogP contribution is 2.07. The van der Waals surface area contributed by atoms with Gasteiger partial charge >= 0.3 is 5.97 Å². The van der Waals surface area contributed by atoms with Crippen LogP contribution in [0.15, 0.2) is 36.5 Å². The monoisotopic (exact) mass is 306 g/mol. The summed E-state index contributed by atoms with van der Waals surface area (Å²) in [7, 11) is 0. The van der Waals surface area contributed by atoms with Crippen LogP contribution in [0, 0.1) is 0 Å². The minimum atomic E-state index is -0.846. The number of allylic oxidation sites excluding steroid dienone is 5. The highest BCUT2D eigenvalue weighted by molar-refractivity contribution is 5.79. The molecule has 0 fully saturated rings. The van der Waals surface area contributed by atoms with Gasteiger partial charge in [-0.25, -0.2) is 4.79 Å². The van der Waals surface area contributed by atoms with E-state index in [0.29, 0.717) is 0 Å². The van der Waals surface area contributed by atoms with Crippen LogP contribution in [0.5, 0.6) is 0 Å². The van der Waals surface area contributed by atoms with Crippen LogP contribution in [0.4, 0.5) is 0 Å². The zero-order valence-electron chi connectivity index (χ0n) is 14.3. The van der Waals surface area contributed by atoms with E-state index in [1.807, 2.05) is 0 Å². The molecule has 0 bridgehead atoms. The zero-order valence-corrected chi connectivity index (χ0v) is 14.3. The van der Waals surface area contributed by atoms with Gasteiger partial charge in [0.05, 0.1) is 0 Å². The molecular formula is C20H34O2. The molecule has 0 unspecified atom stereocenters. The van der Waals surface area contributed by atoms with Crippen molar-refractivity contribution in [3.63, 3.8) is 0 Å². The Morgan fingerprint density at radius 3 is 1.64 bits per heavy atom. The van der Waals surface area contributed by atoms with Gasteiger partial charge in [0.15, 0.2) is 0 Å². The molecule has 0 aromatic rings. The van der Waals surface area contributed by atoms with Gasteiger partial charge in [0.25, 0.3) is 0 Å². The minimum absolute atomic E-state index is 0.846. The Hall–Kier alpha value is -1.31. The van der Waals surface area contributed by atoms with Crippen molar-refractivity contribution in [3.05, 3.63) is 36.5 Å². The highest BCUT2D eigenvalue weighted by atomic mass is 16.4. The fraction of sp³-hybridized carbons (Fsp3) is 0.650. The lowest BCUT2D eigenvalue weighted by molar-refractivity contribution is -0.131. The van der Waals surface area contributed by atoms with Gasteiger partial charge in [-0.1, -0.05) is 63.0 Å². The second-order valence-electron chi connectivity index (χ2n) is 5.75. The van der Waals surface area contributed by atoms with Crippen molar-refractivity contribution in [1.29, 1.82) is 0 Å². The Labute approximate surface area is 137 Å². The lowest BCUT2D eigenvalue weighted by Crippen LogP contribution is -1.85. The Morgan fingerprint density at radius 2 is 1.14 bits per heavy atom. The third kappa shape index (κ3) is 18.7. The third-order valence-electron chi connectivity index (χ3n) is 3.56. The third-order valence-corrected chi connectivity index (χ3v) is 3.56. The zero-order chi connectivity index (χ0) is 16.3. The number of carboxylic acid groups (broad SMARTS) is 1. The Balaban J connectivity index is 3.22. The maximum atomic E-state index is 10.3. The molecule has 0 saturated carbocycles. The van der Waals surface area contributed by atoms with Gasteiger partial charge in [-0.15, -0.1) is 0 Å². The summed E-state index contributed by atoms with van der Waals surface area (Å²) in [5, 5.41) is 8.44. The first-order chi connectivity index (χ1) is 10.8. The van der Waals surface area contributed by atoms with Crippen LogP contribution in [0.2, 0.25) is 0 Å². The van der Waals surface area contributed by atoms with Crippen molar-refractivity contribution in [1.82, 2.24) is 0 Å². The predicted molar refractivity (Wildman–Crippen MR) is 96.1 cm³/mol. The number of unbranched alkanes of at least 4 members (excludes halogenated alkanes) is 9. The summed E-state index contributed by atoms with van der Waals surface area (Å²) in [6, 6.07) is 0. The molecule has 1 N–H and O–H groups in total. The Kier molecular flexibility index (Phi) is 16.7. The van der Waals surface area contributed by atoms with E-state index in [2.05, 4.69) is 31.2 Å². The SMILES string of the molecule is CCCCCC=CCCC=CCCCCCCC=CC(=O)O. The lowest BCUT2D eigenvalue weighted by Gasteiger charge is -1.96. The number of hydrogen-bond acceptors (Lipinski definition) is 1. The molecule has 0 aromatic heterocycles. The maximum Gasteiger partial charge on any atom is 0.327 e. The number of rotatable bonds is 15. The van der Waals surface area contributed by atoms with E-state index < -0.39 is 5.97 Å². The normalized spacial score (nSPS) is 12.0. The summed E-state index contributed by atoms with van der Waals surface area (Å²) < 4.78 is 0. The topological polar surface area (TPSA) is 37.3 Å². The van der Waals surface area contributed by atoms with Crippen LogP contribution >= 0.6 is 0 Å². The largest absolute Gasteiger partial charge is 0.478 e. The number of carboxylic acids is 1. The van der Waals surface area contributed by atoms with Crippen molar-refractivity contribution in [2.45, 2.75) is 84.0 Å². The Morgan fingerprint density at radius 1 is 0.682 bits per heavy atom. The average Bonchev–Trinajstić information content (AvgIpc) is 2.50. The fourth-order valence-corrected chi connectivity index (χ4v) is 2.24. The molecule has 0 saturated heterocycles. The second-order valence-corrected chi connectivity index (χ2v) is 5.75. The summed E-state index contributed by atoms with van der Waals surface area (Å²) in [4.78, 5) is 10.3. The molecule has 0 aliphatic rings. The molecular weight excluding hydrogens is 272 g/mol. The molecule has 2 heteroatoms. The molecule has 22 heavy (non-hydrogen) atoms. The summed E-state index contributed by atoms with van der Waals surface area (Å²) in [5.41, 5.74) is 0. The molecule has 0 rings (SSSR count). The summed E-state index contributed by atoms with van der Waals surface area (Å²) in [6.07, 6.45) is 26.6. The standard InChI is InChI=1S/C20H34O2/c1-2-3-4-5-6-7-8-9-10-11-12-13-14-15-16-17-18-19-20(21)22/h6-7,10-11,18-19H,2-5,8-9,12-17H2,1H3,(H,21,22). The van der Waals surface area contributed by atoms with Crippen molar-refractivity contribution >= 4 is 5.97 Å². The quantitative estimate of drug-likeness (QED) is 0.215. The number of aliphatic carboxylic acids is 1. The van der Waals surface area contributed by atoms with Gasteiger partial charge in [-0.2, -0.15) is 0 Å². The van der Waals surface area contributed by atoms with Crippen molar-refractivity contribution < 1.29 is 9.90 Å². The molecule has 0 aliphatic carbocycles. The number of hydrogen-bond donors (Lipinski definition) is 1. The second kappa shape index (κ2) is 17.7. The van der Waals surface area contributed by atoms with E-state index in [1.54, 1.807) is 6.08 Å². The molecule has 0 spiro atoms. The first-order valence-corrected chi connectivity index (χ1v) is 8.96. The summed E-state index contributed by atoms with van der Waals surface area (Å²) in [5.74, 6) is -0.846. The maximum absolute atomic E-state index is 10.3. The van der Waals surface area contributed by atoms with Gasteiger partial charge in [-0.3, -0.25) is 0 Å². The highest BCUT2D eigenvalue weighted by Gasteiger charge is 1.89. The first-order valence-electron chi connectivity index (χ1n) is 8.96. The van der Waals surface area contributed by atoms with E-state index in [0.717, 1.165) is 19.3 Å². The first kappa shape index (κ1) is 20.7. The lowest BCUT2D eigenvalue weighted by atomic mass is 10.1. The van der Waals surface area contributed by atoms with Crippen LogP contribution in [0.25, 0.3) is 0 Å². The smallest absolute Gasteiger partial charge is 0.327 e. The molecule has 0 aromatic carbocycles. The van der Waals surface area contributed by atoms with Crippen LogP contribution < -0.4 is 0 Å². The van der Waals surface area contributed by atoms with Crippen LogP contribution in [-0.4, -0.2) is 11.1 Å². The predicted octanol–water partition coefficient (Wildman–Crippen LogP) is 6.44. The van der Waals surface area contributed by atoms with Crippen molar-refractivity contribution in [3.8, 4) is 0 Å². The van der Waals surface area contributed by atoms with E-state index in [1.165, 1.54) is 63.9 Å². The number of carbonyl (C=O) groups is 1. The molecule has 0 amide bonds. The van der Waals surface area contributed by atoms with E-state index in [-0.39, 0.29) is 0 Å². The average molecular weight is 306 g/mol. The van der Waals surface area contributed by atoms with Crippen LogP contribution in [0.1, 0.15) is 84.0 Å². The van der Waals surface area contributed by atoms with Gasteiger partial charge < -0.3 is 5.11 Å². The summed E-state index contributed by atoms with van der Waals surface area (Å²) >= 11 is 0. The van der Waals surface area contributed by atoms with E-state index in [9.17, 15) is 4.79 Å². The molecule has 0 heterocycles. The van der Waals surface area contributed by atoms with Gasteiger partial charge in [0.1, 0.15) is 0 Å². The van der Waals surface area contributed by atoms with Gasteiger partial charge in [0, 0.05) is 6.08 Å². The fourth-order valence-electron chi connectivity index (χ4n) is 2.24. The van der Waals surface area contributed by atoms with Crippen LogP contribution in [-0.2, 0) is 4.79 Å². The minimum Gasteiger partial charge on any atom is -0.478 e. The molecule has 0 aliphatic heterocycles. The van der Waals surface area contributed by atoms with E-state index in [4.69, 9.17) is 5.11 Å². The van der Waals surface area contributed by atoms with Crippen molar-refractivity contribution in [2.24, 2.45) is 0 Å². The molecule has 126 valence electrons. The van der Waals surface area contributed by atoms with E-state index >= 15 is 0 Å². The van der Waals surface area contributed by atoms with Gasteiger partial charge in [-0.05, 0) is 51.4 Å². The molecule has 0 radical (unpaired) electrons. The summed E-state index contributed by atoms with van der Waals surface area (Å²) in [6.45, 7) is 2.24. The van der Waals surface area contributed by atoms with Crippen LogP contribution in [0.3, 0.4) is 0 Å². The van der Waals surface area contributed by atoms with Crippen molar-refractivity contribution in [2.75, 3.05) is 0 Å². The Bertz CT molecular complexity index is 327. The molecule has 0 atom stereocenters. The van der Waals surface area contributed by atoms with Gasteiger partial charge in [0.2, 0.25) is 0 Å².